The fourth-order valence-electron chi connectivity index (χ4n) is 5.13. The Labute approximate surface area is 212 Å². The van der Waals surface area contributed by atoms with Gasteiger partial charge in [0.1, 0.15) is 22.8 Å². The zero-order chi connectivity index (χ0) is 24.1. The van der Waals surface area contributed by atoms with E-state index in [1.807, 2.05) is 0 Å². The van der Waals surface area contributed by atoms with E-state index in [0.717, 1.165) is 60.7 Å². The van der Waals surface area contributed by atoms with Crippen LogP contribution in [0, 0.1) is 5.82 Å². The van der Waals surface area contributed by atoms with Crippen molar-refractivity contribution >= 4 is 44.7 Å². The fraction of sp³-hybridized carbons (Fsp3) is 0.400. The number of hydrogen-bond acceptors (Lipinski definition) is 7. The van der Waals surface area contributed by atoms with Crippen LogP contribution in [-0.2, 0) is 19.4 Å². The molecular formula is C25H27ClFN7S. The van der Waals surface area contributed by atoms with Crippen molar-refractivity contribution in [2.24, 2.45) is 0 Å². The Morgan fingerprint density at radius 3 is 2.91 bits per heavy atom. The van der Waals surface area contributed by atoms with E-state index in [0.29, 0.717) is 11.7 Å². The van der Waals surface area contributed by atoms with Gasteiger partial charge in [-0.3, -0.25) is 9.58 Å². The average Bonchev–Trinajstić information content (AvgIpc) is 3.56. The van der Waals surface area contributed by atoms with Crippen LogP contribution in [0.25, 0.3) is 20.7 Å². The molecule has 1 aromatic carbocycles. The summed E-state index contributed by atoms with van der Waals surface area (Å²) in [5, 5.41) is 9.35. The largest absolute Gasteiger partial charge is 0.340 e. The SMILES string of the molecule is CN(C)[C@H]1CCN(CCn2cc3c(n2)CCc2c-3sc3ncnc(Nc4ccc(F)c(Cl)c4)c23)C1. The molecule has 4 aromatic rings. The molecule has 1 atom stereocenters. The molecular weight excluding hydrogens is 485 g/mol. The van der Waals surface area contributed by atoms with E-state index in [-0.39, 0.29) is 5.02 Å². The van der Waals surface area contributed by atoms with E-state index in [9.17, 15) is 4.39 Å². The lowest BCUT2D eigenvalue weighted by Crippen LogP contribution is -2.32. The van der Waals surface area contributed by atoms with Crippen molar-refractivity contribution in [3.63, 3.8) is 0 Å². The second-order valence-corrected chi connectivity index (χ2v) is 10.9. The molecule has 0 spiro atoms. The average molecular weight is 512 g/mol. The lowest BCUT2D eigenvalue weighted by Gasteiger charge is -2.20. The first-order chi connectivity index (χ1) is 17.0. The van der Waals surface area contributed by atoms with Crippen LogP contribution in [0.1, 0.15) is 17.7 Å². The third kappa shape index (κ3) is 4.31. The van der Waals surface area contributed by atoms with Gasteiger partial charge in [0, 0.05) is 41.5 Å². The molecule has 4 heterocycles. The van der Waals surface area contributed by atoms with E-state index >= 15 is 0 Å². The number of nitrogens with one attached hydrogen (secondary N) is 1. The van der Waals surface area contributed by atoms with Crippen LogP contribution in [0.2, 0.25) is 5.02 Å². The van der Waals surface area contributed by atoms with Crippen LogP contribution in [0.3, 0.4) is 0 Å². The Hall–Kier alpha value is -2.59. The van der Waals surface area contributed by atoms with Crippen molar-refractivity contribution < 1.29 is 4.39 Å². The molecule has 10 heteroatoms. The topological polar surface area (TPSA) is 62.1 Å². The summed E-state index contributed by atoms with van der Waals surface area (Å²) in [6.07, 6.45) is 6.78. The molecule has 35 heavy (non-hydrogen) atoms. The zero-order valence-electron chi connectivity index (χ0n) is 19.8. The standard InChI is InChI=1S/C25H27ClFN7S/c1-32(2)16-7-8-33(12-16)9-10-34-13-18-21(31-34)6-4-17-22-24(28-14-29-25(22)35-23(17)18)30-15-3-5-20(27)19(26)11-15/h3,5,11,13-14,16H,4,6-10,12H2,1-2H3,(H,28,29,30)/t16-/m0/s1. The predicted molar refractivity (Wildman–Crippen MR) is 139 cm³/mol. The van der Waals surface area contributed by atoms with E-state index in [1.165, 1.54) is 28.5 Å². The Morgan fingerprint density at radius 2 is 2.11 bits per heavy atom. The van der Waals surface area contributed by atoms with Gasteiger partial charge in [-0.05, 0) is 63.7 Å². The van der Waals surface area contributed by atoms with Crippen LogP contribution in [0.4, 0.5) is 15.9 Å². The van der Waals surface area contributed by atoms with Gasteiger partial charge in [-0.25, -0.2) is 14.4 Å². The Bertz CT molecular complexity index is 1400. The number of likely N-dealkylation sites (tertiary alicyclic amines) is 1. The molecule has 0 saturated carbocycles. The van der Waals surface area contributed by atoms with Crippen LogP contribution >= 0.6 is 22.9 Å². The highest BCUT2D eigenvalue weighted by Gasteiger charge is 2.27. The van der Waals surface area contributed by atoms with Gasteiger partial charge in [0.25, 0.3) is 0 Å². The summed E-state index contributed by atoms with van der Waals surface area (Å²) in [5.74, 6) is 0.278. The van der Waals surface area contributed by atoms with E-state index in [1.54, 1.807) is 29.8 Å². The number of fused-ring (bicyclic) bond motifs is 5. The Morgan fingerprint density at radius 1 is 1.23 bits per heavy atom. The van der Waals surface area contributed by atoms with E-state index in [4.69, 9.17) is 16.7 Å². The molecule has 0 radical (unpaired) electrons. The zero-order valence-corrected chi connectivity index (χ0v) is 21.3. The monoisotopic (exact) mass is 511 g/mol. The van der Waals surface area contributed by atoms with Crippen LogP contribution < -0.4 is 5.32 Å². The highest BCUT2D eigenvalue weighted by Crippen LogP contribution is 2.45. The van der Waals surface area contributed by atoms with E-state index < -0.39 is 5.82 Å². The number of thiophene rings is 1. The first kappa shape index (κ1) is 22.8. The molecule has 3 aromatic heterocycles. The van der Waals surface area contributed by atoms with E-state index in [2.05, 4.69) is 50.1 Å². The number of aryl methyl sites for hydroxylation is 2. The number of rotatable bonds is 6. The highest BCUT2D eigenvalue weighted by atomic mass is 35.5. The maximum Gasteiger partial charge on any atom is 0.142 e. The lowest BCUT2D eigenvalue weighted by atomic mass is 9.95. The molecule has 1 N–H and O–H groups in total. The highest BCUT2D eigenvalue weighted by molar-refractivity contribution is 7.22. The molecule has 1 saturated heterocycles. The minimum Gasteiger partial charge on any atom is -0.340 e. The van der Waals surface area contributed by atoms with Crippen LogP contribution in [0.15, 0.2) is 30.7 Å². The van der Waals surface area contributed by atoms with Gasteiger partial charge in [0.05, 0.1) is 22.6 Å². The maximum atomic E-state index is 13.6. The quantitative estimate of drug-likeness (QED) is 0.400. The summed E-state index contributed by atoms with van der Waals surface area (Å²) in [5.41, 5.74) is 4.31. The van der Waals surface area contributed by atoms with Gasteiger partial charge in [-0.1, -0.05) is 11.6 Å². The fourth-order valence-corrected chi connectivity index (χ4v) is 6.53. The van der Waals surface area contributed by atoms with Gasteiger partial charge in [-0.2, -0.15) is 5.10 Å². The van der Waals surface area contributed by atoms with Crippen molar-refractivity contribution in [2.45, 2.75) is 31.8 Å². The van der Waals surface area contributed by atoms with Gasteiger partial charge < -0.3 is 10.2 Å². The van der Waals surface area contributed by atoms with Crippen molar-refractivity contribution in [1.82, 2.24) is 29.5 Å². The second-order valence-electron chi connectivity index (χ2n) is 9.53. The maximum absolute atomic E-state index is 13.6. The van der Waals surface area contributed by atoms with Gasteiger partial charge in [0.2, 0.25) is 0 Å². The number of nitrogens with zero attached hydrogens (tertiary/aromatic N) is 6. The summed E-state index contributed by atoms with van der Waals surface area (Å²) in [6, 6.07) is 5.25. The summed E-state index contributed by atoms with van der Waals surface area (Å²) >= 11 is 7.67. The van der Waals surface area contributed by atoms with Gasteiger partial charge in [-0.15, -0.1) is 11.3 Å². The molecule has 1 fully saturated rings. The lowest BCUT2D eigenvalue weighted by molar-refractivity contribution is 0.261. The minimum atomic E-state index is -0.440. The predicted octanol–water partition coefficient (Wildman–Crippen LogP) is 4.83. The summed E-state index contributed by atoms with van der Waals surface area (Å²) < 4.78 is 15.7. The number of aromatic nitrogens is 4. The van der Waals surface area contributed by atoms with Crippen molar-refractivity contribution in [3.8, 4) is 10.4 Å². The number of halogens is 2. The Balaban J connectivity index is 1.26. The third-order valence-corrected chi connectivity index (χ3v) is 8.55. The number of anilines is 2. The smallest absolute Gasteiger partial charge is 0.142 e. The number of hydrogen-bond donors (Lipinski definition) is 1. The number of likely N-dealkylation sites (N-methyl/N-ethyl adjacent to an activating group) is 1. The van der Waals surface area contributed by atoms with Crippen molar-refractivity contribution in [3.05, 3.63) is 52.8 Å². The van der Waals surface area contributed by atoms with Crippen molar-refractivity contribution in [1.29, 1.82) is 0 Å². The van der Waals surface area contributed by atoms with Crippen LogP contribution in [-0.4, -0.2) is 69.3 Å². The normalized spacial score (nSPS) is 17.8. The third-order valence-electron chi connectivity index (χ3n) is 7.09. The molecule has 0 amide bonds. The molecule has 1 aliphatic carbocycles. The molecule has 2 aliphatic rings. The van der Waals surface area contributed by atoms with Gasteiger partial charge >= 0.3 is 0 Å². The minimum absolute atomic E-state index is 0.0795. The molecule has 0 bridgehead atoms. The summed E-state index contributed by atoms with van der Waals surface area (Å²) in [4.78, 5) is 16.1. The summed E-state index contributed by atoms with van der Waals surface area (Å²) in [6.45, 7) is 4.19. The molecule has 6 rings (SSSR count). The number of benzene rings is 1. The Kier molecular flexibility index (Phi) is 5.96. The molecule has 7 nitrogen and oxygen atoms in total. The van der Waals surface area contributed by atoms with Gasteiger partial charge in [0.15, 0.2) is 0 Å². The first-order valence-electron chi connectivity index (χ1n) is 11.9. The molecule has 182 valence electrons. The second kappa shape index (κ2) is 9.13. The van der Waals surface area contributed by atoms with Crippen molar-refractivity contribution in [2.75, 3.05) is 39.0 Å². The summed E-state index contributed by atoms with van der Waals surface area (Å²) in [7, 11) is 4.33. The first-order valence-corrected chi connectivity index (χ1v) is 13.1. The van der Waals surface area contributed by atoms with Crippen LogP contribution in [0.5, 0.6) is 0 Å². The molecule has 0 unspecified atom stereocenters. The molecule has 1 aliphatic heterocycles.